The molecule has 1 aromatic carbocycles. The lowest BCUT2D eigenvalue weighted by Crippen LogP contribution is -2.24. The van der Waals surface area contributed by atoms with E-state index in [1.54, 1.807) is 0 Å². The second-order valence-electron chi connectivity index (χ2n) is 4.91. The first-order chi connectivity index (χ1) is 12.3. The van der Waals surface area contributed by atoms with E-state index in [-0.39, 0.29) is 24.3 Å². The Kier molecular flexibility index (Phi) is 8.19. The van der Waals surface area contributed by atoms with Crippen molar-refractivity contribution >= 4 is 11.7 Å². The number of nitrogens with zero attached hydrogens (tertiary/aromatic N) is 3. The number of non-ortho nitro benzene ring substituents is 1. The number of hydrogen-bond acceptors (Lipinski definition) is 10. The SMILES string of the molecule is O=C(OCCCCC(CO[15N+](=O)[O-])O[15N+](=O)[O-])c1ccc([N+](=O)[O-])cc1. The van der Waals surface area contributed by atoms with E-state index in [0.717, 1.165) is 0 Å². The molecule has 13 nitrogen and oxygen atoms in total. The zero-order chi connectivity index (χ0) is 19.5. The van der Waals surface area contributed by atoms with Gasteiger partial charge in [0.05, 0.1) is 17.1 Å². The summed E-state index contributed by atoms with van der Waals surface area (Å²) in [4.78, 5) is 50.4. The van der Waals surface area contributed by atoms with Crippen molar-refractivity contribution in [2.45, 2.75) is 25.4 Å². The number of benzene rings is 1. The molecule has 0 aliphatic carbocycles. The van der Waals surface area contributed by atoms with Gasteiger partial charge in [-0.3, -0.25) is 10.1 Å². The van der Waals surface area contributed by atoms with Crippen LogP contribution in [0.5, 0.6) is 0 Å². The van der Waals surface area contributed by atoms with Crippen molar-refractivity contribution in [3.63, 3.8) is 0 Å². The number of nitro benzene ring substituents is 1. The van der Waals surface area contributed by atoms with Gasteiger partial charge < -0.3 is 14.4 Å². The Hall–Kier alpha value is -3.51. The third-order valence-electron chi connectivity index (χ3n) is 3.07. The molecule has 0 aliphatic heterocycles. The Morgan fingerprint density at radius 1 is 1.00 bits per heavy atom. The quantitative estimate of drug-likeness (QED) is 0.172. The molecule has 1 unspecified atom stereocenters. The number of carbonyl (C=O) groups is 1. The number of hydrogen-bond donors (Lipinski definition) is 0. The number of nitro groups is 1. The number of carbonyl (C=O) groups excluding carboxylic acids is 1. The second-order valence-corrected chi connectivity index (χ2v) is 4.91. The average molecular weight is 375 g/mol. The third kappa shape index (κ3) is 7.85. The van der Waals surface area contributed by atoms with E-state index >= 15 is 0 Å². The molecule has 0 N–H and O–H groups in total. The molecule has 0 amide bonds. The summed E-state index contributed by atoms with van der Waals surface area (Å²) in [6, 6.07) is 4.86. The van der Waals surface area contributed by atoms with Crippen LogP contribution in [0.25, 0.3) is 0 Å². The van der Waals surface area contributed by atoms with E-state index < -0.39 is 33.8 Å². The van der Waals surface area contributed by atoms with Crippen molar-refractivity contribution in [1.29, 1.82) is 0 Å². The van der Waals surface area contributed by atoms with E-state index in [9.17, 15) is 35.1 Å². The van der Waals surface area contributed by atoms with Crippen LogP contribution in [0.4, 0.5) is 5.69 Å². The average Bonchev–Trinajstić information content (AvgIpc) is 2.58. The van der Waals surface area contributed by atoms with Crippen LogP contribution in [-0.4, -0.2) is 40.4 Å². The van der Waals surface area contributed by atoms with Gasteiger partial charge in [-0.05, 0) is 31.4 Å². The highest BCUT2D eigenvalue weighted by molar-refractivity contribution is 5.89. The second kappa shape index (κ2) is 10.4. The molecule has 0 spiro atoms. The van der Waals surface area contributed by atoms with E-state index in [1.807, 2.05) is 0 Å². The standard InChI is InChI=1S/C13H15N3O10/c17-13(10-4-6-11(7-5-10)14(18)19)24-8-2-1-3-12(26-16(22)23)9-25-15(20)21/h4-7,12H,1-3,8-9H2/i15+1,16+1. The molecule has 1 atom stereocenters. The maximum Gasteiger partial charge on any atom is 0.338 e. The van der Waals surface area contributed by atoms with Crippen LogP contribution in [0.15, 0.2) is 24.3 Å². The Bertz CT molecular complexity index is 648. The molecule has 1 aromatic rings. The van der Waals surface area contributed by atoms with Gasteiger partial charge >= 0.3 is 5.97 Å². The van der Waals surface area contributed by atoms with E-state index in [0.29, 0.717) is 12.8 Å². The van der Waals surface area contributed by atoms with Gasteiger partial charge in [0.2, 0.25) is 0 Å². The third-order valence-corrected chi connectivity index (χ3v) is 3.07. The van der Waals surface area contributed by atoms with Crippen LogP contribution in [-0.2, 0) is 14.4 Å². The van der Waals surface area contributed by atoms with Crippen molar-refractivity contribution in [1.82, 2.24) is 0 Å². The van der Waals surface area contributed by atoms with Gasteiger partial charge in [-0.25, -0.2) is 4.79 Å². The summed E-state index contributed by atoms with van der Waals surface area (Å²) in [6.45, 7) is -0.590. The number of unbranched alkanes of at least 4 members (excludes halogenated alkanes) is 1. The predicted molar refractivity (Wildman–Crippen MR) is 82.0 cm³/mol. The predicted octanol–water partition coefficient (Wildman–Crippen LogP) is 1.71. The summed E-state index contributed by atoms with van der Waals surface area (Å²) >= 11 is 0. The van der Waals surface area contributed by atoms with Crippen LogP contribution in [0.1, 0.15) is 29.6 Å². The molecule has 0 fully saturated rings. The molecule has 0 bridgehead atoms. The lowest BCUT2D eigenvalue weighted by molar-refractivity contribution is -0.790. The summed E-state index contributed by atoms with van der Waals surface area (Å²) in [7, 11) is 0. The smallest absolute Gasteiger partial charge is 0.338 e. The normalized spacial score (nSPS) is 11.2. The first-order valence-electron chi connectivity index (χ1n) is 7.29. The highest BCUT2D eigenvalue weighted by Gasteiger charge is 2.16. The van der Waals surface area contributed by atoms with Crippen molar-refractivity contribution in [3.8, 4) is 0 Å². The van der Waals surface area contributed by atoms with E-state index in [4.69, 9.17) is 4.74 Å². The van der Waals surface area contributed by atoms with E-state index in [2.05, 4.69) is 9.68 Å². The van der Waals surface area contributed by atoms with Crippen LogP contribution in [0, 0.1) is 30.3 Å². The molecular formula is C13H15N3O10. The maximum absolute atomic E-state index is 11.7. The minimum Gasteiger partial charge on any atom is -0.462 e. The van der Waals surface area contributed by atoms with Crippen LogP contribution >= 0.6 is 0 Å². The highest BCUT2D eigenvalue weighted by Crippen LogP contribution is 2.13. The van der Waals surface area contributed by atoms with Gasteiger partial charge in [-0.1, -0.05) is 0 Å². The van der Waals surface area contributed by atoms with Crippen LogP contribution in [0.2, 0.25) is 0 Å². The molecule has 0 aliphatic rings. The minimum atomic E-state index is -1.11. The van der Waals surface area contributed by atoms with Gasteiger partial charge in [0, 0.05) is 12.1 Å². The zero-order valence-electron chi connectivity index (χ0n) is 13.3. The molecule has 0 radical (unpaired) electrons. The molecule has 13 heteroatoms. The molecule has 26 heavy (non-hydrogen) atoms. The maximum atomic E-state index is 11.7. The first kappa shape index (κ1) is 20.5. The van der Waals surface area contributed by atoms with Crippen molar-refractivity contribution in [3.05, 3.63) is 60.2 Å². The lowest BCUT2D eigenvalue weighted by atomic mass is 10.1. The molecular weight excluding hydrogens is 360 g/mol. The molecule has 1 rings (SSSR count). The lowest BCUT2D eigenvalue weighted by Gasteiger charge is -2.13. The van der Waals surface area contributed by atoms with Gasteiger partial charge in [0.25, 0.3) is 15.9 Å². The van der Waals surface area contributed by atoms with Crippen LogP contribution < -0.4 is 0 Å². The van der Waals surface area contributed by atoms with Crippen molar-refractivity contribution in [2.24, 2.45) is 0 Å². The molecule has 0 saturated heterocycles. The van der Waals surface area contributed by atoms with Gasteiger partial charge in [-0.15, -0.1) is 20.2 Å². The number of esters is 1. The molecule has 0 aromatic heterocycles. The Morgan fingerprint density at radius 3 is 2.19 bits per heavy atom. The zero-order valence-corrected chi connectivity index (χ0v) is 13.3. The fourth-order valence-corrected chi connectivity index (χ4v) is 1.87. The van der Waals surface area contributed by atoms with Gasteiger partial charge in [0.15, 0.2) is 0 Å². The summed E-state index contributed by atoms with van der Waals surface area (Å²) in [5.41, 5.74) is -0.0140. The summed E-state index contributed by atoms with van der Waals surface area (Å²) in [6.07, 6.45) is -0.369. The monoisotopic (exact) mass is 375 g/mol. The Morgan fingerprint density at radius 2 is 1.65 bits per heavy atom. The van der Waals surface area contributed by atoms with Crippen molar-refractivity contribution in [2.75, 3.05) is 13.2 Å². The first-order valence-corrected chi connectivity index (χ1v) is 7.29. The van der Waals surface area contributed by atoms with Gasteiger partial charge in [0.1, 0.15) is 12.7 Å². The van der Waals surface area contributed by atoms with Gasteiger partial charge in [-0.2, -0.15) is 0 Å². The van der Waals surface area contributed by atoms with Crippen molar-refractivity contribution < 1.29 is 34.3 Å². The molecule has 0 saturated carbocycles. The number of ether oxygens (including phenoxy) is 1. The summed E-state index contributed by atoms with van der Waals surface area (Å²) in [5, 5.41) is 28.8. The number of rotatable bonds is 12. The fraction of sp³-hybridized carbons (Fsp3) is 0.462. The Balaban J connectivity index is 2.32. The van der Waals surface area contributed by atoms with Crippen LogP contribution in [0.3, 0.4) is 0 Å². The Labute approximate surface area is 145 Å². The summed E-state index contributed by atoms with van der Waals surface area (Å²) < 4.78 is 4.97. The topological polar surface area (TPSA) is 174 Å². The minimum absolute atomic E-state index is 0.00288. The largest absolute Gasteiger partial charge is 0.462 e. The van der Waals surface area contributed by atoms with E-state index in [1.165, 1.54) is 24.3 Å². The fourth-order valence-electron chi connectivity index (χ4n) is 1.87. The molecule has 142 valence electrons. The highest BCUT2D eigenvalue weighted by atomic mass is 17.2. The summed E-state index contributed by atoms with van der Waals surface area (Å²) in [5.74, 6) is -0.672. The molecule has 0 heterocycles.